The van der Waals surface area contributed by atoms with Crippen molar-refractivity contribution >= 4 is 27.3 Å². The lowest BCUT2D eigenvalue weighted by Gasteiger charge is -1.91. The summed E-state index contributed by atoms with van der Waals surface area (Å²) in [5.74, 6) is 0. The maximum absolute atomic E-state index is 5.88. The van der Waals surface area contributed by atoms with Gasteiger partial charge in [0.1, 0.15) is 16.7 Å². The van der Waals surface area contributed by atoms with Crippen LogP contribution < -0.4 is 5.73 Å². The van der Waals surface area contributed by atoms with Gasteiger partial charge in [0.15, 0.2) is 0 Å². The average Bonchev–Trinajstić information content (AvgIpc) is 2.83. The number of hydrogen-bond donors (Lipinski definition) is 1. The van der Waals surface area contributed by atoms with E-state index in [1.165, 1.54) is 6.33 Å². The van der Waals surface area contributed by atoms with Crippen LogP contribution in [0.1, 0.15) is 4.88 Å². The Morgan fingerprint density at radius 2 is 2.06 bits per heavy atom. The SMILES string of the molecule is Cc1sc2c(-c3cncnc3)noc2c1N. The molecule has 0 amide bonds. The summed E-state index contributed by atoms with van der Waals surface area (Å²) in [6.45, 7) is 1.96. The molecule has 0 bridgehead atoms. The van der Waals surface area contributed by atoms with E-state index in [2.05, 4.69) is 15.1 Å². The van der Waals surface area contributed by atoms with Gasteiger partial charge in [-0.25, -0.2) is 9.97 Å². The summed E-state index contributed by atoms with van der Waals surface area (Å²) in [7, 11) is 0. The first kappa shape index (κ1) is 9.29. The molecule has 0 fully saturated rings. The Balaban J connectivity index is 2.29. The van der Waals surface area contributed by atoms with E-state index in [0.29, 0.717) is 11.3 Å². The second-order valence-electron chi connectivity index (χ2n) is 3.39. The number of nitrogens with zero attached hydrogens (tertiary/aromatic N) is 3. The van der Waals surface area contributed by atoms with Crippen molar-refractivity contribution < 1.29 is 4.52 Å². The number of nitrogen functional groups attached to an aromatic ring is 1. The van der Waals surface area contributed by atoms with Gasteiger partial charge in [-0.1, -0.05) is 5.16 Å². The zero-order valence-corrected chi connectivity index (χ0v) is 9.28. The third-order valence-corrected chi connectivity index (χ3v) is 3.47. The molecule has 3 aromatic heterocycles. The average molecular weight is 232 g/mol. The van der Waals surface area contributed by atoms with Crippen LogP contribution >= 0.6 is 11.3 Å². The van der Waals surface area contributed by atoms with Crippen LogP contribution in [0.25, 0.3) is 21.5 Å². The van der Waals surface area contributed by atoms with Crippen LogP contribution in [0, 0.1) is 6.92 Å². The topological polar surface area (TPSA) is 77.8 Å². The molecule has 3 heterocycles. The van der Waals surface area contributed by atoms with E-state index < -0.39 is 0 Å². The van der Waals surface area contributed by atoms with Crippen molar-refractivity contribution in [3.8, 4) is 11.3 Å². The van der Waals surface area contributed by atoms with Crippen LogP contribution in [-0.2, 0) is 0 Å². The van der Waals surface area contributed by atoms with Crippen LogP contribution in [0.3, 0.4) is 0 Å². The number of nitrogens with two attached hydrogens (primary N) is 1. The molecule has 0 aromatic carbocycles. The van der Waals surface area contributed by atoms with Gasteiger partial charge in [-0.15, -0.1) is 11.3 Å². The molecule has 0 aliphatic carbocycles. The molecule has 80 valence electrons. The largest absolute Gasteiger partial charge is 0.395 e. The van der Waals surface area contributed by atoms with Crippen molar-refractivity contribution in [2.45, 2.75) is 6.92 Å². The van der Waals surface area contributed by atoms with Gasteiger partial charge in [-0.3, -0.25) is 0 Å². The van der Waals surface area contributed by atoms with Crippen molar-refractivity contribution in [3.05, 3.63) is 23.6 Å². The number of anilines is 1. The summed E-state index contributed by atoms with van der Waals surface area (Å²) in [5, 5.41) is 4.00. The Labute approximate surface area is 94.9 Å². The Kier molecular flexibility index (Phi) is 1.90. The molecule has 3 rings (SSSR count). The quantitative estimate of drug-likeness (QED) is 0.696. The smallest absolute Gasteiger partial charge is 0.201 e. The molecule has 2 N–H and O–H groups in total. The first-order chi connectivity index (χ1) is 7.77. The van der Waals surface area contributed by atoms with Crippen LogP contribution in [-0.4, -0.2) is 15.1 Å². The fraction of sp³-hybridized carbons (Fsp3) is 0.100. The highest BCUT2D eigenvalue weighted by atomic mass is 32.1. The van der Waals surface area contributed by atoms with Crippen LogP contribution in [0.5, 0.6) is 0 Å². The van der Waals surface area contributed by atoms with E-state index in [4.69, 9.17) is 10.3 Å². The number of aromatic nitrogens is 3. The minimum Gasteiger partial charge on any atom is -0.395 e. The maximum Gasteiger partial charge on any atom is 0.201 e. The third-order valence-electron chi connectivity index (χ3n) is 2.36. The summed E-state index contributed by atoms with van der Waals surface area (Å²) < 4.78 is 6.18. The minimum atomic E-state index is 0.654. The first-order valence-corrected chi connectivity index (χ1v) is 5.48. The van der Waals surface area contributed by atoms with Crippen LogP contribution in [0.15, 0.2) is 23.2 Å². The highest BCUT2D eigenvalue weighted by Gasteiger charge is 2.17. The van der Waals surface area contributed by atoms with Crippen molar-refractivity contribution in [1.82, 2.24) is 15.1 Å². The second kappa shape index (κ2) is 3.28. The molecule has 0 saturated carbocycles. The lowest BCUT2D eigenvalue weighted by atomic mass is 10.2. The Bertz CT molecular complexity index is 643. The minimum absolute atomic E-state index is 0.654. The van der Waals surface area contributed by atoms with Gasteiger partial charge in [0.05, 0.1) is 5.69 Å². The molecule has 6 heteroatoms. The van der Waals surface area contributed by atoms with Crippen LogP contribution in [0.4, 0.5) is 5.69 Å². The summed E-state index contributed by atoms with van der Waals surface area (Å²) >= 11 is 1.57. The molecule has 16 heavy (non-hydrogen) atoms. The molecule has 0 unspecified atom stereocenters. The number of fused-ring (bicyclic) bond motifs is 1. The van der Waals surface area contributed by atoms with Crippen molar-refractivity contribution in [2.75, 3.05) is 5.73 Å². The van der Waals surface area contributed by atoms with E-state index in [1.807, 2.05) is 6.92 Å². The standard InChI is InChI=1S/C10H8N4OS/c1-5-7(11)9-10(16-5)8(14-15-9)6-2-12-4-13-3-6/h2-4H,11H2,1H3. The molecule has 0 aliphatic heterocycles. The van der Waals surface area contributed by atoms with Gasteiger partial charge >= 0.3 is 0 Å². The van der Waals surface area contributed by atoms with E-state index >= 15 is 0 Å². The highest BCUT2D eigenvalue weighted by molar-refractivity contribution is 7.20. The molecule has 3 aromatic rings. The van der Waals surface area contributed by atoms with E-state index in [9.17, 15) is 0 Å². The van der Waals surface area contributed by atoms with Gasteiger partial charge in [-0.05, 0) is 6.92 Å². The first-order valence-electron chi connectivity index (χ1n) is 4.67. The molecule has 0 saturated heterocycles. The third kappa shape index (κ3) is 1.20. The van der Waals surface area contributed by atoms with Crippen molar-refractivity contribution in [3.63, 3.8) is 0 Å². The number of aryl methyl sites for hydroxylation is 1. The fourth-order valence-electron chi connectivity index (χ4n) is 1.52. The molecule has 0 atom stereocenters. The van der Waals surface area contributed by atoms with Gasteiger partial charge in [-0.2, -0.15) is 0 Å². The predicted octanol–water partition coefficient (Wildman–Crippen LogP) is 2.24. The highest BCUT2D eigenvalue weighted by Crippen LogP contribution is 2.38. The van der Waals surface area contributed by atoms with Gasteiger partial charge in [0, 0.05) is 22.8 Å². The Hall–Kier alpha value is -1.95. The molecule has 0 aliphatic rings. The van der Waals surface area contributed by atoms with Gasteiger partial charge in [0.25, 0.3) is 0 Å². The summed E-state index contributed by atoms with van der Waals surface area (Å²) in [6.07, 6.45) is 4.89. The summed E-state index contributed by atoms with van der Waals surface area (Å²) in [5.41, 5.74) is 8.78. The normalized spacial score (nSPS) is 11.1. The molecular formula is C10H8N4OS. The number of hydrogen-bond acceptors (Lipinski definition) is 6. The monoisotopic (exact) mass is 232 g/mol. The molecule has 0 spiro atoms. The molecular weight excluding hydrogens is 224 g/mol. The molecule has 5 nitrogen and oxygen atoms in total. The zero-order chi connectivity index (χ0) is 11.1. The van der Waals surface area contributed by atoms with Gasteiger partial charge < -0.3 is 10.3 Å². The lowest BCUT2D eigenvalue weighted by Crippen LogP contribution is -1.82. The van der Waals surface area contributed by atoms with Gasteiger partial charge in [0.2, 0.25) is 5.58 Å². The Morgan fingerprint density at radius 1 is 1.31 bits per heavy atom. The zero-order valence-electron chi connectivity index (χ0n) is 8.47. The van der Waals surface area contributed by atoms with E-state index in [0.717, 1.165) is 20.8 Å². The number of thiophene rings is 1. The second-order valence-corrected chi connectivity index (χ2v) is 4.61. The maximum atomic E-state index is 5.88. The molecule has 0 radical (unpaired) electrons. The number of rotatable bonds is 1. The summed E-state index contributed by atoms with van der Waals surface area (Å²) in [6, 6.07) is 0. The van der Waals surface area contributed by atoms with E-state index in [-0.39, 0.29) is 0 Å². The predicted molar refractivity (Wildman–Crippen MR) is 62.1 cm³/mol. The fourth-order valence-corrected chi connectivity index (χ4v) is 2.52. The lowest BCUT2D eigenvalue weighted by molar-refractivity contribution is 0.460. The van der Waals surface area contributed by atoms with Crippen molar-refractivity contribution in [2.24, 2.45) is 0 Å². The summed E-state index contributed by atoms with van der Waals surface area (Å²) in [4.78, 5) is 8.95. The van der Waals surface area contributed by atoms with Crippen molar-refractivity contribution in [1.29, 1.82) is 0 Å². The van der Waals surface area contributed by atoms with E-state index in [1.54, 1.807) is 23.7 Å². The van der Waals surface area contributed by atoms with Crippen LogP contribution in [0.2, 0.25) is 0 Å². The Morgan fingerprint density at radius 3 is 2.81 bits per heavy atom.